The van der Waals surface area contributed by atoms with E-state index in [0.717, 1.165) is 18.5 Å². The Bertz CT molecular complexity index is 844. The van der Waals surface area contributed by atoms with E-state index in [0.29, 0.717) is 45.5 Å². The van der Waals surface area contributed by atoms with Gasteiger partial charge in [-0.3, -0.25) is 4.79 Å². The number of ketones is 1. The predicted octanol–water partition coefficient (Wildman–Crippen LogP) is 4.15. The third kappa shape index (κ3) is 4.05. The van der Waals surface area contributed by atoms with E-state index < -0.39 is 11.9 Å². The van der Waals surface area contributed by atoms with Gasteiger partial charge < -0.3 is 14.8 Å². The summed E-state index contributed by atoms with van der Waals surface area (Å²) in [4.78, 5) is 25.6. The summed E-state index contributed by atoms with van der Waals surface area (Å²) >= 11 is 12.5. The molecule has 1 aliphatic carbocycles. The highest BCUT2D eigenvalue weighted by Gasteiger charge is 2.39. The number of methoxy groups -OCH3 is 1. The van der Waals surface area contributed by atoms with E-state index in [1.165, 1.54) is 7.11 Å². The van der Waals surface area contributed by atoms with Crippen LogP contribution in [0, 0.1) is 0 Å². The van der Waals surface area contributed by atoms with E-state index >= 15 is 0 Å². The van der Waals surface area contributed by atoms with Crippen LogP contribution >= 0.6 is 23.2 Å². The van der Waals surface area contributed by atoms with Gasteiger partial charge in [-0.15, -0.1) is 0 Å². The molecular weight excluding hydrogens is 389 g/mol. The van der Waals surface area contributed by atoms with Crippen molar-refractivity contribution >= 4 is 35.0 Å². The molecular formula is C20H21Cl2NO4. The summed E-state index contributed by atoms with van der Waals surface area (Å²) in [6.07, 6.45) is 1.99. The van der Waals surface area contributed by atoms with Crippen molar-refractivity contribution in [3.63, 3.8) is 0 Å². The van der Waals surface area contributed by atoms with Gasteiger partial charge in [0, 0.05) is 46.5 Å². The summed E-state index contributed by atoms with van der Waals surface area (Å²) in [5, 5.41) is 4.14. The van der Waals surface area contributed by atoms with Crippen LogP contribution in [-0.4, -0.2) is 32.1 Å². The number of Topliss-reactive ketones (excluding diaryl/α,β-unsaturated/α-hetero) is 1. The average Bonchev–Trinajstić information content (AvgIpc) is 2.61. The molecule has 0 bridgehead atoms. The Morgan fingerprint density at radius 1 is 1.26 bits per heavy atom. The van der Waals surface area contributed by atoms with Gasteiger partial charge in [0.05, 0.1) is 12.2 Å². The Morgan fingerprint density at radius 2 is 2.04 bits per heavy atom. The predicted molar refractivity (Wildman–Crippen MR) is 104 cm³/mol. The average molecular weight is 410 g/mol. The fourth-order valence-corrected chi connectivity index (χ4v) is 4.11. The van der Waals surface area contributed by atoms with Crippen molar-refractivity contribution in [2.24, 2.45) is 0 Å². The van der Waals surface area contributed by atoms with Gasteiger partial charge in [-0.2, -0.15) is 0 Å². The molecule has 1 aromatic rings. The molecule has 0 saturated carbocycles. The van der Waals surface area contributed by atoms with Crippen LogP contribution in [0.2, 0.25) is 10.0 Å². The lowest BCUT2D eigenvalue weighted by Gasteiger charge is -2.34. The molecule has 1 atom stereocenters. The molecule has 144 valence electrons. The number of hydrogen-bond donors (Lipinski definition) is 1. The molecule has 3 rings (SSSR count). The summed E-state index contributed by atoms with van der Waals surface area (Å²) in [6, 6.07) is 5.10. The minimum atomic E-state index is -0.575. The molecule has 0 amide bonds. The standard InChI is InChI=1S/C20H21Cl2NO4/c1-11-17(20(25)27-9-8-26-2)18(13-7-6-12(21)10-14(13)22)19-15(23-11)4-3-5-16(19)24/h6-7,10,18,23H,3-5,8-9H2,1-2H3. The molecule has 1 heterocycles. The molecule has 1 unspecified atom stereocenters. The molecule has 5 nitrogen and oxygen atoms in total. The van der Waals surface area contributed by atoms with Gasteiger partial charge in [0.25, 0.3) is 0 Å². The summed E-state index contributed by atoms with van der Waals surface area (Å²) in [5.74, 6) is -1.04. The van der Waals surface area contributed by atoms with Gasteiger partial charge in [0.2, 0.25) is 0 Å². The fourth-order valence-electron chi connectivity index (χ4n) is 3.60. The number of carbonyl (C=O) groups is 2. The number of benzene rings is 1. The molecule has 0 saturated heterocycles. The Balaban J connectivity index is 2.09. The molecule has 1 aliphatic heterocycles. The maximum atomic E-state index is 12.8. The van der Waals surface area contributed by atoms with E-state index in [9.17, 15) is 9.59 Å². The molecule has 0 spiro atoms. The van der Waals surface area contributed by atoms with Gasteiger partial charge in [-0.1, -0.05) is 29.3 Å². The number of allylic oxidation sites excluding steroid dienone is 3. The molecule has 0 radical (unpaired) electrons. The van der Waals surface area contributed by atoms with Crippen molar-refractivity contribution in [2.75, 3.05) is 20.3 Å². The first-order valence-electron chi connectivity index (χ1n) is 8.79. The number of ether oxygens (including phenoxy) is 2. The van der Waals surface area contributed by atoms with Gasteiger partial charge >= 0.3 is 5.97 Å². The Kier molecular flexibility index (Phi) is 6.25. The van der Waals surface area contributed by atoms with Gasteiger partial charge in [-0.05, 0) is 37.5 Å². The fraction of sp³-hybridized carbons (Fsp3) is 0.400. The topological polar surface area (TPSA) is 64.6 Å². The molecule has 0 fully saturated rings. The van der Waals surface area contributed by atoms with Crippen LogP contribution in [0.5, 0.6) is 0 Å². The summed E-state index contributed by atoms with van der Waals surface area (Å²) < 4.78 is 10.3. The molecule has 1 aromatic carbocycles. The zero-order chi connectivity index (χ0) is 19.6. The lowest BCUT2D eigenvalue weighted by Crippen LogP contribution is -2.34. The van der Waals surface area contributed by atoms with Crippen LogP contribution < -0.4 is 5.32 Å². The van der Waals surface area contributed by atoms with Crippen molar-refractivity contribution in [3.05, 3.63) is 56.3 Å². The van der Waals surface area contributed by atoms with Gasteiger partial charge in [-0.25, -0.2) is 4.79 Å². The highest BCUT2D eigenvalue weighted by atomic mass is 35.5. The maximum Gasteiger partial charge on any atom is 0.336 e. The third-order valence-corrected chi connectivity index (χ3v) is 5.35. The Morgan fingerprint density at radius 3 is 2.74 bits per heavy atom. The van der Waals surface area contributed by atoms with Gasteiger partial charge in [0.1, 0.15) is 6.61 Å². The number of dihydropyridines is 1. The monoisotopic (exact) mass is 409 g/mol. The van der Waals surface area contributed by atoms with Crippen LogP contribution in [0.4, 0.5) is 0 Å². The summed E-state index contributed by atoms with van der Waals surface area (Å²) in [5.41, 5.74) is 3.18. The molecule has 1 N–H and O–H groups in total. The van der Waals surface area contributed by atoms with Crippen molar-refractivity contribution in [3.8, 4) is 0 Å². The lowest BCUT2D eigenvalue weighted by molar-refractivity contribution is -0.140. The van der Waals surface area contributed by atoms with E-state index in [1.807, 2.05) is 6.92 Å². The first-order valence-corrected chi connectivity index (χ1v) is 9.54. The zero-order valence-electron chi connectivity index (χ0n) is 15.2. The maximum absolute atomic E-state index is 12.8. The second-order valence-electron chi connectivity index (χ2n) is 6.56. The quantitative estimate of drug-likeness (QED) is 0.584. The summed E-state index contributed by atoms with van der Waals surface area (Å²) in [7, 11) is 1.54. The Labute approximate surface area is 168 Å². The molecule has 7 heteroatoms. The van der Waals surface area contributed by atoms with Crippen LogP contribution in [0.15, 0.2) is 40.7 Å². The van der Waals surface area contributed by atoms with E-state index in [1.54, 1.807) is 18.2 Å². The van der Waals surface area contributed by atoms with Crippen molar-refractivity contribution in [1.29, 1.82) is 0 Å². The van der Waals surface area contributed by atoms with E-state index in [2.05, 4.69) is 5.32 Å². The number of hydrogen-bond acceptors (Lipinski definition) is 5. The highest BCUT2D eigenvalue weighted by Crippen LogP contribution is 2.44. The number of esters is 1. The minimum Gasteiger partial charge on any atom is -0.460 e. The highest BCUT2D eigenvalue weighted by molar-refractivity contribution is 6.35. The van der Waals surface area contributed by atoms with E-state index in [4.69, 9.17) is 32.7 Å². The number of halogens is 2. The normalized spacial score (nSPS) is 19.7. The molecule has 0 aromatic heterocycles. The second kappa shape index (κ2) is 8.46. The molecule has 27 heavy (non-hydrogen) atoms. The largest absolute Gasteiger partial charge is 0.460 e. The lowest BCUT2D eigenvalue weighted by atomic mass is 9.75. The SMILES string of the molecule is COCCOC(=O)C1=C(C)NC2=C(C(=O)CCC2)C1c1ccc(Cl)cc1Cl. The third-order valence-electron chi connectivity index (χ3n) is 4.79. The number of nitrogens with one attached hydrogen (secondary N) is 1. The number of carbonyl (C=O) groups excluding carboxylic acids is 2. The van der Waals surface area contributed by atoms with Crippen molar-refractivity contribution < 1.29 is 19.1 Å². The summed E-state index contributed by atoms with van der Waals surface area (Å²) in [6.45, 7) is 2.24. The van der Waals surface area contributed by atoms with Crippen LogP contribution in [0.25, 0.3) is 0 Å². The van der Waals surface area contributed by atoms with E-state index in [-0.39, 0.29) is 12.4 Å². The van der Waals surface area contributed by atoms with Crippen molar-refractivity contribution in [1.82, 2.24) is 5.32 Å². The second-order valence-corrected chi connectivity index (χ2v) is 7.40. The van der Waals surface area contributed by atoms with Gasteiger partial charge in [0.15, 0.2) is 5.78 Å². The van der Waals surface area contributed by atoms with Crippen LogP contribution in [0.1, 0.15) is 37.7 Å². The first kappa shape index (κ1) is 19.9. The Hall–Kier alpha value is -1.82. The zero-order valence-corrected chi connectivity index (χ0v) is 16.7. The first-order chi connectivity index (χ1) is 12.9. The van der Waals surface area contributed by atoms with Crippen LogP contribution in [0.3, 0.4) is 0 Å². The van der Waals surface area contributed by atoms with Crippen LogP contribution in [-0.2, 0) is 19.1 Å². The molecule has 2 aliphatic rings. The minimum absolute atomic E-state index is 0.0226. The van der Waals surface area contributed by atoms with Crippen molar-refractivity contribution in [2.45, 2.75) is 32.1 Å². The smallest absolute Gasteiger partial charge is 0.336 e. The number of rotatable bonds is 5.